The van der Waals surface area contributed by atoms with Crippen LogP contribution in [0, 0.1) is 0 Å². The van der Waals surface area contributed by atoms with Crippen molar-refractivity contribution in [1.29, 1.82) is 0 Å². The minimum absolute atomic E-state index is 0.114. The second kappa shape index (κ2) is 5.87. The highest BCUT2D eigenvalue weighted by atomic mass is 32.2. The van der Waals surface area contributed by atoms with Crippen molar-refractivity contribution in [2.45, 2.75) is 30.1 Å². The van der Waals surface area contributed by atoms with Gasteiger partial charge in [-0.15, -0.1) is 0 Å². The van der Waals surface area contributed by atoms with Gasteiger partial charge in [0.25, 0.3) is 0 Å². The molecule has 0 N–H and O–H groups in total. The molecular weight excluding hydrogens is 240 g/mol. The van der Waals surface area contributed by atoms with Gasteiger partial charge in [-0.3, -0.25) is 4.79 Å². The molecule has 1 nitrogen and oxygen atoms in total. The third kappa shape index (κ3) is 3.02. The third-order valence-electron chi connectivity index (χ3n) is 2.83. The number of hydrogen-bond acceptors (Lipinski definition) is 2. The zero-order valence-electron chi connectivity index (χ0n) is 10.6. The molecule has 0 saturated carbocycles. The Balaban J connectivity index is 2.25. The van der Waals surface area contributed by atoms with Crippen LogP contribution in [0.1, 0.15) is 29.8 Å². The minimum atomic E-state index is 0.114. The number of Topliss-reactive ketones (excluding diaryl/α,β-unsaturated/α-hetero) is 1. The summed E-state index contributed by atoms with van der Waals surface area (Å²) in [4.78, 5) is 13.7. The summed E-state index contributed by atoms with van der Waals surface area (Å²) >= 11 is 1.64. The maximum atomic E-state index is 11.5. The van der Waals surface area contributed by atoms with Crippen molar-refractivity contribution in [1.82, 2.24) is 0 Å². The van der Waals surface area contributed by atoms with E-state index in [2.05, 4.69) is 31.2 Å². The molecule has 0 aliphatic carbocycles. The highest BCUT2D eigenvalue weighted by molar-refractivity contribution is 7.99. The van der Waals surface area contributed by atoms with Gasteiger partial charge in [-0.2, -0.15) is 0 Å². The second-order valence-electron chi connectivity index (χ2n) is 4.15. The van der Waals surface area contributed by atoms with Crippen LogP contribution in [0.25, 0.3) is 0 Å². The lowest BCUT2D eigenvalue weighted by atomic mass is 10.1. The van der Waals surface area contributed by atoms with E-state index in [0.717, 1.165) is 16.9 Å². The van der Waals surface area contributed by atoms with Gasteiger partial charge in [-0.05, 0) is 37.1 Å². The highest BCUT2D eigenvalue weighted by Gasteiger charge is 2.07. The average molecular weight is 256 g/mol. The number of ketones is 1. The van der Waals surface area contributed by atoms with Gasteiger partial charge in [-0.1, -0.05) is 49.0 Å². The monoisotopic (exact) mass is 256 g/mol. The molecule has 2 aromatic carbocycles. The Hall–Kier alpha value is -1.54. The molecule has 0 amide bonds. The van der Waals surface area contributed by atoms with E-state index in [1.165, 1.54) is 10.5 Å². The summed E-state index contributed by atoms with van der Waals surface area (Å²) in [5.74, 6) is 0.114. The first-order valence-electron chi connectivity index (χ1n) is 6.07. The molecular formula is C16H16OS. The van der Waals surface area contributed by atoms with Crippen LogP contribution in [0.2, 0.25) is 0 Å². The van der Waals surface area contributed by atoms with E-state index >= 15 is 0 Å². The fourth-order valence-corrected chi connectivity index (χ4v) is 2.76. The van der Waals surface area contributed by atoms with Crippen LogP contribution in [0.15, 0.2) is 58.3 Å². The smallest absolute Gasteiger partial charge is 0.160 e. The predicted octanol–water partition coefficient (Wildman–Crippen LogP) is 4.60. The normalized spacial score (nSPS) is 10.3. The molecule has 0 aliphatic heterocycles. The van der Waals surface area contributed by atoms with Crippen LogP contribution >= 0.6 is 11.8 Å². The number of benzene rings is 2. The van der Waals surface area contributed by atoms with Crippen molar-refractivity contribution >= 4 is 17.5 Å². The van der Waals surface area contributed by atoms with Crippen LogP contribution in [-0.2, 0) is 6.42 Å². The van der Waals surface area contributed by atoms with Crippen molar-refractivity contribution in [3.05, 3.63) is 59.7 Å². The Kier molecular flexibility index (Phi) is 4.21. The zero-order chi connectivity index (χ0) is 13.0. The Labute approximate surface area is 112 Å². The molecule has 2 aromatic rings. The number of hydrogen-bond donors (Lipinski definition) is 0. The lowest BCUT2D eigenvalue weighted by molar-refractivity contribution is 0.101. The van der Waals surface area contributed by atoms with Crippen LogP contribution in [0.5, 0.6) is 0 Å². The molecule has 0 bridgehead atoms. The summed E-state index contributed by atoms with van der Waals surface area (Å²) in [6.45, 7) is 3.76. The van der Waals surface area contributed by atoms with Gasteiger partial charge in [0.2, 0.25) is 0 Å². The van der Waals surface area contributed by atoms with Gasteiger partial charge in [0, 0.05) is 15.4 Å². The molecule has 0 unspecified atom stereocenters. The van der Waals surface area contributed by atoms with Gasteiger partial charge in [-0.25, -0.2) is 0 Å². The molecule has 0 saturated heterocycles. The van der Waals surface area contributed by atoms with Gasteiger partial charge < -0.3 is 0 Å². The minimum Gasteiger partial charge on any atom is -0.294 e. The van der Waals surface area contributed by atoms with Gasteiger partial charge in [0.1, 0.15) is 0 Å². The molecule has 92 valence electrons. The lowest BCUT2D eigenvalue weighted by Gasteiger charge is -2.06. The fraction of sp³-hybridized carbons (Fsp3) is 0.188. The standard InChI is InChI=1S/C16H16OS/c1-3-13-8-10-14(11-9-13)18-16-7-5-4-6-15(16)12(2)17/h4-11H,3H2,1-2H3. The van der Waals surface area contributed by atoms with Crippen molar-refractivity contribution in [2.24, 2.45) is 0 Å². The van der Waals surface area contributed by atoms with E-state index < -0.39 is 0 Å². The molecule has 0 aromatic heterocycles. The molecule has 0 radical (unpaired) electrons. The summed E-state index contributed by atoms with van der Waals surface area (Å²) in [5, 5.41) is 0. The molecule has 0 heterocycles. The SMILES string of the molecule is CCc1ccc(Sc2ccccc2C(C)=O)cc1. The third-order valence-corrected chi connectivity index (χ3v) is 3.91. The summed E-state index contributed by atoms with van der Waals surface area (Å²) < 4.78 is 0. The fourth-order valence-electron chi connectivity index (χ4n) is 1.77. The highest BCUT2D eigenvalue weighted by Crippen LogP contribution is 2.30. The number of carbonyl (C=O) groups excluding carboxylic acids is 1. The largest absolute Gasteiger partial charge is 0.294 e. The quantitative estimate of drug-likeness (QED) is 0.743. The zero-order valence-corrected chi connectivity index (χ0v) is 11.5. The van der Waals surface area contributed by atoms with Crippen LogP contribution in [0.4, 0.5) is 0 Å². The molecule has 18 heavy (non-hydrogen) atoms. The Bertz CT molecular complexity index is 543. The summed E-state index contributed by atoms with van der Waals surface area (Å²) in [5.41, 5.74) is 2.13. The number of aryl methyl sites for hydroxylation is 1. The van der Waals surface area contributed by atoms with Crippen LogP contribution < -0.4 is 0 Å². The summed E-state index contributed by atoms with van der Waals surface area (Å²) in [6, 6.07) is 16.2. The number of carbonyl (C=O) groups is 1. The van der Waals surface area contributed by atoms with Gasteiger partial charge in [0.05, 0.1) is 0 Å². The Morgan fingerprint density at radius 3 is 2.33 bits per heavy atom. The van der Waals surface area contributed by atoms with Gasteiger partial charge in [0.15, 0.2) is 5.78 Å². The Morgan fingerprint density at radius 2 is 1.72 bits per heavy atom. The summed E-state index contributed by atoms with van der Waals surface area (Å²) in [7, 11) is 0. The van der Waals surface area contributed by atoms with E-state index in [9.17, 15) is 4.79 Å². The molecule has 0 spiro atoms. The maximum absolute atomic E-state index is 11.5. The number of rotatable bonds is 4. The van der Waals surface area contributed by atoms with Crippen molar-refractivity contribution < 1.29 is 4.79 Å². The second-order valence-corrected chi connectivity index (χ2v) is 5.27. The van der Waals surface area contributed by atoms with E-state index in [1.807, 2.05) is 24.3 Å². The van der Waals surface area contributed by atoms with Gasteiger partial charge >= 0.3 is 0 Å². The molecule has 0 fully saturated rings. The van der Waals surface area contributed by atoms with Crippen LogP contribution in [0.3, 0.4) is 0 Å². The molecule has 2 rings (SSSR count). The van der Waals surface area contributed by atoms with Crippen molar-refractivity contribution in [2.75, 3.05) is 0 Å². The first kappa shape index (κ1) is 12.9. The Morgan fingerprint density at radius 1 is 1.06 bits per heavy atom. The summed E-state index contributed by atoms with van der Waals surface area (Å²) in [6.07, 6.45) is 1.05. The van der Waals surface area contributed by atoms with E-state index in [-0.39, 0.29) is 5.78 Å². The van der Waals surface area contributed by atoms with Crippen molar-refractivity contribution in [3.63, 3.8) is 0 Å². The van der Waals surface area contributed by atoms with E-state index in [1.54, 1.807) is 18.7 Å². The average Bonchev–Trinajstić information content (AvgIpc) is 2.40. The van der Waals surface area contributed by atoms with E-state index in [4.69, 9.17) is 0 Å². The first-order valence-corrected chi connectivity index (χ1v) is 6.89. The predicted molar refractivity (Wildman–Crippen MR) is 76.4 cm³/mol. The maximum Gasteiger partial charge on any atom is 0.160 e. The molecule has 0 aliphatic rings. The van der Waals surface area contributed by atoms with E-state index in [0.29, 0.717) is 0 Å². The lowest BCUT2D eigenvalue weighted by Crippen LogP contribution is -1.94. The first-order chi connectivity index (χ1) is 8.70. The topological polar surface area (TPSA) is 17.1 Å². The van der Waals surface area contributed by atoms with Crippen LogP contribution in [-0.4, -0.2) is 5.78 Å². The molecule has 2 heteroatoms. The van der Waals surface area contributed by atoms with Crippen molar-refractivity contribution in [3.8, 4) is 0 Å². The molecule has 0 atom stereocenters.